The summed E-state index contributed by atoms with van der Waals surface area (Å²) in [5.74, 6) is -4.34. The molecule has 6 aromatic rings. The second-order valence-corrected chi connectivity index (χ2v) is 14.6. The fourth-order valence-electron chi connectivity index (χ4n) is 7.16. The van der Waals surface area contributed by atoms with E-state index in [9.17, 15) is 54.9 Å². The molecule has 2 aliphatic rings. The molecule has 8 rings (SSSR count). The van der Waals surface area contributed by atoms with Gasteiger partial charge in [0.1, 0.15) is 11.6 Å². The third-order valence-corrected chi connectivity index (χ3v) is 10.3. The van der Waals surface area contributed by atoms with Crippen molar-refractivity contribution in [1.29, 1.82) is 0 Å². The first-order valence-electron chi connectivity index (χ1n) is 18.2. The monoisotopic (exact) mass is 886 g/mol. The van der Waals surface area contributed by atoms with Gasteiger partial charge in [0.2, 0.25) is 0 Å². The van der Waals surface area contributed by atoms with Gasteiger partial charge < -0.3 is 20.0 Å². The van der Waals surface area contributed by atoms with Crippen LogP contribution in [-0.4, -0.2) is 53.9 Å². The highest BCUT2D eigenvalue weighted by Gasteiger charge is 2.67. The Kier molecular flexibility index (Phi) is 13.9. The summed E-state index contributed by atoms with van der Waals surface area (Å²) in [7, 11) is 1.69. The van der Waals surface area contributed by atoms with Crippen molar-refractivity contribution in [1.82, 2.24) is 19.6 Å². The number of carbonyl (C=O) groups is 2. The van der Waals surface area contributed by atoms with Crippen LogP contribution in [0.3, 0.4) is 0 Å². The summed E-state index contributed by atoms with van der Waals surface area (Å²) in [5, 5.41) is 28.7. The molecular weight excluding hydrogens is 841 g/mol. The van der Waals surface area contributed by atoms with Gasteiger partial charge in [-0.3, -0.25) is 19.0 Å². The van der Waals surface area contributed by atoms with Crippen LogP contribution in [0.2, 0.25) is 0 Å². The largest absolute Gasteiger partial charge is 0.430 e. The van der Waals surface area contributed by atoms with Crippen LogP contribution in [-0.2, 0) is 40.9 Å². The minimum absolute atomic E-state index is 0. The molecule has 0 radical (unpaired) electrons. The third kappa shape index (κ3) is 8.44. The molecule has 18 heteroatoms. The zero-order chi connectivity index (χ0) is 43.5. The molecule has 0 fully saturated rings. The number of aromatic nitrogens is 4. The Labute approximate surface area is 358 Å². The van der Waals surface area contributed by atoms with Gasteiger partial charge in [-0.05, 0) is 49.2 Å². The molecule has 0 saturated heterocycles. The van der Waals surface area contributed by atoms with Gasteiger partial charge in [-0.25, -0.2) is 8.78 Å². The van der Waals surface area contributed by atoms with Crippen molar-refractivity contribution in [3.8, 4) is 22.3 Å². The van der Waals surface area contributed by atoms with E-state index in [0.29, 0.717) is 16.7 Å². The fourth-order valence-corrected chi connectivity index (χ4v) is 7.16. The topological polar surface area (TPSA) is 117 Å². The molecule has 2 unspecified atom stereocenters. The van der Waals surface area contributed by atoms with Crippen LogP contribution in [0.25, 0.3) is 22.3 Å². The van der Waals surface area contributed by atoms with E-state index in [1.807, 2.05) is 13.8 Å². The summed E-state index contributed by atoms with van der Waals surface area (Å²) in [6.45, 7) is 3.13. The maximum atomic E-state index is 14.8. The smallest absolute Gasteiger partial charge is 0.368 e. The Morgan fingerprint density at radius 1 is 0.635 bits per heavy atom. The Hall–Kier alpha value is -6.40. The quantitative estimate of drug-likeness (QED) is 0.154. The highest BCUT2D eigenvalue weighted by Crippen LogP contribution is 2.51. The number of aryl methyl sites for hydroxylation is 1. The average Bonchev–Trinajstić information content (AvgIpc) is 3.96. The number of rotatable bonds is 7. The number of para-hydroxylation sites is 2. The van der Waals surface area contributed by atoms with Crippen LogP contribution >= 0.6 is 0 Å². The Morgan fingerprint density at radius 3 is 1.62 bits per heavy atom. The lowest BCUT2D eigenvalue weighted by atomic mass is 9.95. The number of anilines is 2. The minimum atomic E-state index is -5.21. The molecule has 2 atom stereocenters. The summed E-state index contributed by atoms with van der Waals surface area (Å²) in [6.07, 6.45) is -3.93. The second-order valence-electron chi connectivity index (χ2n) is 14.6. The van der Waals surface area contributed by atoms with Gasteiger partial charge in [0, 0.05) is 58.9 Å². The SMILES string of the molecule is C.C.C.CC(C)n1cc(-c2ccc(CN3C(=O)C(O)(C(F)(F)F)c4ccccc43)c(F)c2)cn1.Cn1cc(-c2ccc(CN3C(=O)C(O)(C(F)(F)F)c4ccccc43)cc2F)cn1. The lowest BCUT2D eigenvalue weighted by molar-refractivity contribution is -0.253. The molecule has 0 saturated carbocycles. The zero-order valence-electron chi connectivity index (χ0n) is 31.8. The number of nitrogens with zero attached hydrogens (tertiary/aromatic N) is 6. The zero-order valence-corrected chi connectivity index (χ0v) is 31.8. The van der Waals surface area contributed by atoms with Gasteiger partial charge in [0.15, 0.2) is 0 Å². The summed E-state index contributed by atoms with van der Waals surface area (Å²) >= 11 is 0. The van der Waals surface area contributed by atoms with Crippen molar-refractivity contribution in [3.63, 3.8) is 0 Å². The van der Waals surface area contributed by atoms with Crippen molar-refractivity contribution in [3.05, 3.63) is 144 Å². The molecule has 10 nitrogen and oxygen atoms in total. The van der Waals surface area contributed by atoms with Gasteiger partial charge in [-0.2, -0.15) is 36.5 Å². The molecule has 63 heavy (non-hydrogen) atoms. The molecular formula is C45H46F8N6O4. The maximum Gasteiger partial charge on any atom is 0.430 e. The molecule has 2 aliphatic heterocycles. The van der Waals surface area contributed by atoms with Crippen LogP contribution < -0.4 is 9.80 Å². The fraction of sp³-hybridized carbons (Fsp3) is 0.289. The molecule has 0 spiro atoms. The molecule has 0 bridgehead atoms. The number of halogens is 8. The molecule has 2 N–H and O–H groups in total. The standard InChI is InChI=1S/C22H19F4N3O2.C20H15F4N3O2.3CH4/c1-13(2)29-12-16(10-27-29)14-7-8-15(18(23)9-14)11-28-19-6-4-3-5-17(19)21(31,20(28)30)22(24,25)26;1-26-11-13(9-25-26)14-7-6-12(8-16(14)21)10-27-17-5-3-2-4-15(17)19(29,18(27)28)20(22,23)24;;;/h3-10,12-13,31H,11H2,1-2H3;2-9,11,29H,10H2,1H3;3*1H4. The average molecular weight is 887 g/mol. The van der Waals surface area contributed by atoms with E-state index >= 15 is 0 Å². The van der Waals surface area contributed by atoms with Crippen LogP contribution in [0.1, 0.15) is 64.4 Å². The Balaban J connectivity index is 0.000000264. The van der Waals surface area contributed by atoms with Crippen molar-refractivity contribution in [2.75, 3.05) is 9.80 Å². The number of amides is 2. The number of hydrogen-bond donors (Lipinski definition) is 2. The molecule has 0 aliphatic carbocycles. The number of alkyl halides is 6. The van der Waals surface area contributed by atoms with Gasteiger partial charge in [-0.15, -0.1) is 0 Å². The van der Waals surface area contributed by atoms with E-state index in [4.69, 9.17) is 0 Å². The van der Waals surface area contributed by atoms with Gasteiger partial charge >= 0.3 is 12.4 Å². The highest BCUT2D eigenvalue weighted by atomic mass is 19.4. The van der Waals surface area contributed by atoms with Crippen LogP contribution in [0.4, 0.5) is 46.5 Å². The molecule has 4 aromatic carbocycles. The number of benzene rings is 4. The van der Waals surface area contributed by atoms with Crippen molar-refractivity contribution < 1.29 is 54.9 Å². The minimum Gasteiger partial charge on any atom is -0.368 e. The molecule has 2 aromatic heterocycles. The number of fused-ring (bicyclic) bond motifs is 2. The van der Waals surface area contributed by atoms with Gasteiger partial charge in [-0.1, -0.05) is 82.9 Å². The van der Waals surface area contributed by atoms with Gasteiger partial charge in [0.05, 0.1) is 36.9 Å². The first-order valence-corrected chi connectivity index (χ1v) is 18.2. The lowest BCUT2D eigenvalue weighted by Crippen LogP contribution is -2.50. The molecule has 4 heterocycles. The van der Waals surface area contributed by atoms with E-state index in [-0.39, 0.29) is 62.9 Å². The maximum absolute atomic E-state index is 14.8. The number of carbonyl (C=O) groups excluding carboxylic acids is 2. The van der Waals surface area contributed by atoms with E-state index in [1.54, 1.807) is 36.4 Å². The summed E-state index contributed by atoms with van der Waals surface area (Å²) in [5.41, 5.74) is -6.19. The lowest BCUT2D eigenvalue weighted by Gasteiger charge is -2.25. The number of aliphatic hydroxyl groups is 2. The summed E-state index contributed by atoms with van der Waals surface area (Å²) in [6, 6.07) is 18.8. The van der Waals surface area contributed by atoms with E-state index in [0.717, 1.165) is 28.0 Å². The normalized spacial score (nSPS) is 17.9. The van der Waals surface area contributed by atoms with Crippen molar-refractivity contribution in [2.24, 2.45) is 7.05 Å². The highest BCUT2D eigenvalue weighted by molar-refractivity contribution is 6.08. The summed E-state index contributed by atoms with van der Waals surface area (Å²) in [4.78, 5) is 26.8. The first kappa shape index (κ1) is 49.3. The Bertz CT molecular complexity index is 2620. The summed E-state index contributed by atoms with van der Waals surface area (Å²) < 4.78 is 114. The number of hydrogen-bond acceptors (Lipinski definition) is 6. The molecule has 2 amide bonds. The second kappa shape index (κ2) is 17.8. The van der Waals surface area contributed by atoms with Crippen molar-refractivity contribution in [2.45, 2.75) is 78.8 Å². The van der Waals surface area contributed by atoms with E-state index in [1.165, 1.54) is 71.5 Å². The Morgan fingerprint density at radius 2 is 1.16 bits per heavy atom. The predicted octanol–water partition coefficient (Wildman–Crippen LogP) is 10.00. The van der Waals surface area contributed by atoms with E-state index < -0.39 is 64.7 Å². The first-order chi connectivity index (χ1) is 28.2. The van der Waals surface area contributed by atoms with Crippen LogP contribution in [0, 0.1) is 11.6 Å². The van der Waals surface area contributed by atoms with Gasteiger partial charge in [0.25, 0.3) is 23.0 Å². The molecule has 336 valence electrons. The van der Waals surface area contributed by atoms with E-state index in [2.05, 4.69) is 10.2 Å². The van der Waals surface area contributed by atoms with Crippen LogP contribution in [0.5, 0.6) is 0 Å². The third-order valence-electron chi connectivity index (χ3n) is 10.3. The van der Waals surface area contributed by atoms with Crippen LogP contribution in [0.15, 0.2) is 110 Å². The van der Waals surface area contributed by atoms with Crippen molar-refractivity contribution >= 4 is 23.2 Å². The predicted molar refractivity (Wildman–Crippen MR) is 222 cm³/mol.